The molecule has 0 fully saturated rings. The van der Waals surface area contributed by atoms with E-state index in [0.29, 0.717) is 0 Å². The molecule has 0 N–H and O–H groups in total. The van der Waals surface area contributed by atoms with Crippen molar-refractivity contribution in [1.82, 2.24) is 0 Å². The van der Waals surface area contributed by atoms with Gasteiger partial charge in [-0.1, -0.05) is 105 Å². The number of rotatable bonds is 2. The van der Waals surface area contributed by atoms with Crippen LogP contribution in [0.3, 0.4) is 0 Å². The molecule has 4 aromatic carbocycles. The molecule has 0 atom stereocenters. The zero-order chi connectivity index (χ0) is 20.9. The van der Waals surface area contributed by atoms with E-state index in [1.807, 2.05) is 70.1 Å². The van der Waals surface area contributed by atoms with Crippen LogP contribution in [0, 0.1) is 0 Å². The van der Waals surface area contributed by atoms with Crippen LogP contribution in [-0.2, 0) is 28.8 Å². The smallest absolute Gasteiger partial charge is 0.657 e. The zero-order valence-electron chi connectivity index (χ0n) is 17.4. The predicted octanol–water partition coefficient (Wildman–Crippen LogP) is 7.26. The zero-order valence-corrected chi connectivity index (χ0v) is 19.6. The first-order valence-electron chi connectivity index (χ1n) is 10.4. The molecule has 0 saturated heterocycles. The van der Waals surface area contributed by atoms with Crippen molar-refractivity contribution in [2.24, 2.45) is 0 Å². The van der Waals surface area contributed by atoms with E-state index in [2.05, 4.69) is 72.0 Å². The van der Waals surface area contributed by atoms with Gasteiger partial charge in [-0.05, 0) is 6.42 Å². The normalized spacial score (nSPS) is 12.6. The number of hydrogen-bond acceptors (Lipinski definition) is 0. The third-order valence-corrected chi connectivity index (χ3v) is 5.25. The van der Waals surface area contributed by atoms with E-state index in [1.54, 1.807) is 0 Å². The third-order valence-electron chi connectivity index (χ3n) is 5.25. The summed E-state index contributed by atoms with van der Waals surface area (Å²) in [5, 5.41) is 4.61. The standard InChI is InChI=1S/C15H12N2.C13H10N.Au/c1-3-7-14(8-4-1)16-11-12-17(13-16)15-9-5-2-6-10-15;1-3-7-12-10(5-1)9-11-6-2-4-8-13(11)14-12;/h1-12H;1-8H,9H2;/q+2;-1;+1. The molecule has 158 valence electrons. The molecule has 4 aromatic rings. The fourth-order valence-electron chi connectivity index (χ4n) is 3.65. The Kier molecular flexibility index (Phi) is 6.96. The second-order valence-corrected chi connectivity index (χ2v) is 7.36. The minimum atomic E-state index is 0. The summed E-state index contributed by atoms with van der Waals surface area (Å²) in [5.41, 5.74) is 7.11. The van der Waals surface area contributed by atoms with Gasteiger partial charge < -0.3 is 5.32 Å². The minimum absolute atomic E-state index is 0. The quantitative estimate of drug-likeness (QED) is 0.151. The van der Waals surface area contributed by atoms with Crippen LogP contribution >= 0.6 is 0 Å². The molecule has 0 spiro atoms. The molecule has 0 amide bonds. The molecule has 0 radical (unpaired) electrons. The monoisotopic (exact) mass is 597 g/mol. The van der Waals surface area contributed by atoms with Gasteiger partial charge in [0.2, 0.25) is 11.4 Å². The first-order valence-corrected chi connectivity index (χ1v) is 10.4. The van der Waals surface area contributed by atoms with Crippen LogP contribution in [0.5, 0.6) is 0 Å². The SMILES string of the molecule is C1=[N+](c2ccccc2)C=C[N+]=1c1ccccc1.[Au+].c1ccc2c(c1)Cc1ccccc1[N-]2. The van der Waals surface area contributed by atoms with E-state index in [0.717, 1.165) is 29.2 Å². The fourth-order valence-corrected chi connectivity index (χ4v) is 3.65. The van der Waals surface area contributed by atoms with Crippen molar-refractivity contribution in [3.63, 3.8) is 0 Å². The van der Waals surface area contributed by atoms with Gasteiger partial charge in [0.15, 0.2) is 0 Å². The summed E-state index contributed by atoms with van der Waals surface area (Å²) in [7, 11) is 0. The second kappa shape index (κ2) is 10.2. The molecular formula is C28H22AuN3+2. The summed E-state index contributed by atoms with van der Waals surface area (Å²) in [6, 6.07) is 40.3. The molecule has 2 aliphatic rings. The summed E-state index contributed by atoms with van der Waals surface area (Å²) in [6.07, 6.45) is 5.01. The topological polar surface area (TPSA) is 20.1 Å². The average molecular weight is 597 g/mol. The molecule has 32 heavy (non-hydrogen) atoms. The van der Waals surface area contributed by atoms with Gasteiger partial charge in [0.05, 0.1) is 0 Å². The summed E-state index contributed by atoms with van der Waals surface area (Å²) in [5.74, 6) is 0. The number of benzene rings is 4. The molecule has 2 aliphatic heterocycles. The molecule has 2 heterocycles. The first kappa shape index (κ1) is 21.8. The first-order chi connectivity index (χ1) is 15.4. The van der Waals surface area contributed by atoms with E-state index in [1.165, 1.54) is 11.1 Å². The van der Waals surface area contributed by atoms with Crippen molar-refractivity contribution in [2.45, 2.75) is 6.42 Å². The van der Waals surface area contributed by atoms with Crippen LogP contribution in [-0.4, -0.2) is 15.2 Å². The van der Waals surface area contributed by atoms with Gasteiger partial charge in [-0.15, -0.1) is 11.4 Å². The van der Waals surface area contributed by atoms with E-state index in [9.17, 15) is 0 Å². The molecule has 6 rings (SSSR count). The minimum Gasteiger partial charge on any atom is -0.657 e. The molecule has 0 bridgehead atoms. The van der Waals surface area contributed by atoms with Crippen molar-refractivity contribution >= 4 is 28.8 Å². The molecule has 4 heteroatoms. The second-order valence-electron chi connectivity index (χ2n) is 7.36. The Labute approximate surface area is 204 Å². The molecule has 0 unspecified atom stereocenters. The molecule has 3 nitrogen and oxygen atoms in total. The van der Waals surface area contributed by atoms with Crippen molar-refractivity contribution in [3.8, 4) is 0 Å². The Morgan fingerprint density at radius 1 is 0.531 bits per heavy atom. The van der Waals surface area contributed by atoms with Gasteiger partial charge in [-0.2, -0.15) is 0 Å². The summed E-state index contributed by atoms with van der Waals surface area (Å²) in [4.78, 5) is 0. The number of para-hydroxylation sites is 4. The fraction of sp³-hybridized carbons (Fsp3) is 0.0357. The Balaban J connectivity index is 0.000000151. The van der Waals surface area contributed by atoms with E-state index in [-0.39, 0.29) is 22.4 Å². The van der Waals surface area contributed by atoms with Crippen LogP contribution in [0.15, 0.2) is 122 Å². The number of fused-ring (bicyclic) bond motifs is 2. The Hall–Kier alpha value is -3.46. The van der Waals surface area contributed by atoms with Crippen LogP contribution < -0.4 is 0 Å². The molecule has 0 aromatic heterocycles. The Bertz CT molecular complexity index is 1160. The van der Waals surface area contributed by atoms with Gasteiger partial charge in [-0.25, -0.2) is 0 Å². The maximum absolute atomic E-state index is 4.61. The maximum Gasteiger partial charge on any atom is 1.00 e. The summed E-state index contributed by atoms with van der Waals surface area (Å²) >= 11 is 0. The molecule has 0 saturated carbocycles. The van der Waals surface area contributed by atoms with Crippen molar-refractivity contribution in [2.75, 3.05) is 0 Å². The van der Waals surface area contributed by atoms with Gasteiger partial charge in [0.1, 0.15) is 0 Å². The van der Waals surface area contributed by atoms with Gasteiger partial charge in [0, 0.05) is 24.3 Å². The van der Waals surface area contributed by atoms with E-state index >= 15 is 0 Å². The van der Waals surface area contributed by atoms with Crippen LogP contribution in [0.25, 0.3) is 5.32 Å². The largest absolute Gasteiger partial charge is 1.00 e. The maximum atomic E-state index is 4.61. The predicted molar refractivity (Wildman–Crippen MR) is 125 cm³/mol. The summed E-state index contributed by atoms with van der Waals surface area (Å²) < 4.78 is 3.96. The Morgan fingerprint density at radius 2 is 0.938 bits per heavy atom. The van der Waals surface area contributed by atoms with Crippen LogP contribution in [0.4, 0.5) is 22.7 Å². The van der Waals surface area contributed by atoms with Gasteiger partial charge >= 0.3 is 28.4 Å². The summed E-state index contributed by atoms with van der Waals surface area (Å²) in [6.45, 7) is 0. The average Bonchev–Trinajstić information content (AvgIpc) is 3.35. The van der Waals surface area contributed by atoms with Crippen molar-refractivity contribution < 1.29 is 31.5 Å². The van der Waals surface area contributed by atoms with Crippen LogP contribution in [0.1, 0.15) is 11.1 Å². The van der Waals surface area contributed by atoms with E-state index in [4.69, 9.17) is 0 Å². The van der Waals surface area contributed by atoms with E-state index < -0.39 is 0 Å². The Morgan fingerprint density at radius 3 is 1.41 bits per heavy atom. The number of hydrogen-bond donors (Lipinski definition) is 0. The van der Waals surface area contributed by atoms with Gasteiger partial charge in [0.25, 0.3) is 12.4 Å². The van der Waals surface area contributed by atoms with Crippen molar-refractivity contribution in [1.29, 1.82) is 0 Å². The number of nitrogens with zero attached hydrogens (tertiary/aromatic N) is 3. The van der Waals surface area contributed by atoms with Crippen LogP contribution in [0.2, 0.25) is 0 Å². The third kappa shape index (κ3) is 4.88. The molecular weight excluding hydrogens is 575 g/mol. The van der Waals surface area contributed by atoms with Gasteiger partial charge in [-0.3, -0.25) is 0 Å². The molecule has 0 aliphatic carbocycles. The van der Waals surface area contributed by atoms with Crippen molar-refractivity contribution in [3.05, 3.63) is 138 Å².